The highest BCUT2D eigenvalue weighted by atomic mass is 127. The molecule has 0 aromatic heterocycles. The van der Waals surface area contributed by atoms with Gasteiger partial charge in [-0.1, -0.05) is 29.8 Å². The third kappa shape index (κ3) is 3.61. The fourth-order valence-electron chi connectivity index (χ4n) is 1.62. The van der Waals surface area contributed by atoms with Crippen molar-refractivity contribution in [2.45, 2.75) is 5.88 Å². The SMILES string of the molecule is O=C(Nc1ccccc1CCl)c1cc(Cl)ccc1I. The van der Waals surface area contributed by atoms with Crippen molar-refractivity contribution in [2.24, 2.45) is 0 Å². The van der Waals surface area contributed by atoms with Gasteiger partial charge in [0.05, 0.1) is 5.56 Å². The van der Waals surface area contributed by atoms with Crippen molar-refractivity contribution in [3.05, 3.63) is 62.2 Å². The van der Waals surface area contributed by atoms with E-state index in [2.05, 4.69) is 27.9 Å². The lowest BCUT2D eigenvalue weighted by atomic mass is 10.1. The zero-order valence-corrected chi connectivity index (χ0v) is 13.5. The van der Waals surface area contributed by atoms with Crippen LogP contribution in [0.5, 0.6) is 0 Å². The van der Waals surface area contributed by atoms with E-state index in [-0.39, 0.29) is 5.91 Å². The van der Waals surface area contributed by atoms with Crippen LogP contribution in [0.2, 0.25) is 5.02 Å². The molecule has 0 aliphatic rings. The van der Waals surface area contributed by atoms with Crippen molar-refractivity contribution in [1.29, 1.82) is 0 Å². The number of benzene rings is 2. The third-order valence-electron chi connectivity index (χ3n) is 2.58. The van der Waals surface area contributed by atoms with Crippen LogP contribution in [-0.4, -0.2) is 5.91 Å². The van der Waals surface area contributed by atoms with Gasteiger partial charge in [-0.15, -0.1) is 11.6 Å². The van der Waals surface area contributed by atoms with Crippen LogP contribution in [0, 0.1) is 3.57 Å². The van der Waals surface area contributed by atoms with E-state index < -0.39 is 0 Å². The number of carbonyl (C=O) groups is 1. The second-order valence-electron chi connectivity index (χ2n) is 3.87. The summed E-state index contributed by atoms with van der Waals surface area (Å²) < 4.78 is 0.850. The second-order valence-corrected chi connectivity index (χ2v) is 5.73. The fourth-order valence-corrected chi connectivity index (χ4v) is 2.61. The van der Waals surface area contributed by atoms with Gasteiger partial charge in [-0.25, -0.2) is 0 Å². The summed E-state index contributed by atoms with van der Waals surface area (Å²) in [5.74, 6) is 0.160. The maximum atomic E-state index is 12.2. The minimum atomic E-state index is -0.190. The number of carbonyl (C=O) groups excluding carboxylic acids is 1. The molecule has 0 saturated carbocycles. The van der Waals surface area contributed by atoms with Crippen molar-refractivity contribution >= 4 is 57.4 Å². The van der Waals surface area contributed by atoms with Crippen LogP contribution in [0.25, 0.3) is 0 Å². The second kappa shape index (κ2) is 6.59. The Balaban J connectivity index is 2.28. The molecule has 0 radical (unpaired) electrons. The Morgan fingerprint density at radius 2 is 1.95 bits per heavy atom. The van der Waals surface area contributed by atoms with Gasteiger partial charge < -0.3 is 5.32 Å². The number of alkyl halides is 1. The predicted octanol–water partition coefficient (Wildman–Crippen LogP) is 4.94. The highest BCUT2D eigenvalue weighted by molar-refractivity contribution is 14.1. The molecule has 0 saturated heterocycles. The van der Waals surface area contributed by atoms with E-state index in [1.807, 2.05) is 30.3 Å². The molecular weight excluding hydrogens is 396 g/mol. The molecule has 0 aliphatic heterocycles. The maximum Gasteiger partial charge on any atom is 0.256 e. The van der Waals surface area contributed by atoms with E-state index in [4.69, 9.17) is 23.2 Å². The van der Waals surface area contributed by atoms with E-state index in [0.29, 0.717) is 16.5 Å². The molecule has 2 aromatic rings. The van der Waals surface area contributed by atoms with E-state index >= 15 is 0 Å². The van der Waals surface area contributed by atoms with Crippen LogP contribution in [0.4, 0.5) is 5.69 Å². The summed E-state index contributed by atoms with van der Waals surface area (Å²) in [5, 5.41) is 3.40. The molecule has 0 bridgehead atoms. The Morgan fingerprint density at radius 1 is 1.21 bits per heavy atom. The number of anilines is 1. The maximum absolute atomic E-state index is 12.2. The van der Waals surface area contributed by atoms with E-state index in [9.17, 15) is 4.79 Å². The van der Waals surface area contributed by atoms with Crippen LogP contribution in [0.3, 0.4) is 0 Å². The first-order chi connectivity index (χ1) is 9.11. The van der Waals surface area contributed by atoms with E-state index in [1.165, 1.54) is 0 Å². The molecule has 98 valence electrons. The highest BCUT2D eigenvalue weighted by Crippen LogP contribution is 2.21. The molecule has 0 atom stereocenters. The average Bonchev–Trinajstić information content (AvgIpc) is 2.42. The molecule has 1 amide bonds. The number of hydrogen-bond acceptors (Lipinski definition) is 1. The van der Waals surface area contributed by atoms with Crippen molar-refractivity contribution in [3.63, 3.8) is 0 Å². The predicted molar refractivity (Wildman–Crippen MR) is 88.1 cm³/mol. The summed E-state index contributed by atoms with van der Waals surface area (Å²) in [6.45, 7) is 0. The molecule has 0 aliphatic carbocycles. The number of halogens is 3. The number of amides is 1. The van der Waals surface area contributed by atoms with Gasteiger partial charge in [-0.2, -0.15) is 0 Å². The Kier molecular flexibility index (Phi) is 5.07. The third-order valence-corrected chi connectivity index (χ3v) is 4.05. The highest BCUT2D eigenvalue weighted by Gasteiger charge is 2.12. The molecule has 2 nitrogen and oxygen atoms in total. The first-order valence-electron chi connectivity index (χ1n) is 5.52. The lowest BCUT2D eigenvalue weighted by Gasteiger charge is -2.10. The van der Waals surface area contributed by atoms with Gasteiger partial charge in [0.15, 0.2) is 0 Å². The standard InChI is InChI=1S/C14H10Cl2INO/c15-8-9-3-1-2-4-13(9)18-14(19)11-7-10(16)5-6-12(11)17/h1-7H,8H2,(H,18,19). The monoisotopic (exact) mass is 405 g/mol. The van der Waals surface area contributed by atoms with Crippen molar-refractivity contribution in [3.8, 4) is 0 Å². The zero-order valence-electron chi connectivity index (χ0n) is 9.79. The molecule has 0 heterocycles. The Hall–Kier alpha value is -0.780. The van der Waals surface area contributed by atoms with Crippen LogP contribution in [0.1, 0.15) is 15.9 Å². The molecular formula is C14H10Cl2INO. The summed E-state index contributed by atoms with van der Waals surface area (Å²) in [6.07, 6.45) is 0. The molecule has 19 heavy (non-hydrogen) atoms. The Bertz CT molecular complexity index is 616. The van der Waals surface area contributed by atoms with Crippen molar-refractivity contribution in [2.75, 3.05) is 5.32 Å². The van der Waals surface area contributed by atoms with Gasteiger partial charge in [-0.05, 0) is 52.4 Å². The molecule has 0 spiro atoms. The molecule has 0 unspecified atom stereocenters. The summed E-state index contributed by atoms with van der Waals surface area (Å²) in [7, 11) is 0. The number of hydrogen-bond donors (Lipinski definition) is 1. The first-order valence-corrected chi connectivity index (χ1v) is 7.51. The number of para-hydroxylation sites is 1. The summed E-state index contributed by atoms with van der Waals surface area (Å²) >= 11 is 13.9. The van der Waals surface area contributed by atoms with Crippen molar-refractivity contribution in [1.82, 2.24) is 0 Å². The normalized spacial score (nSPS) is 10.3. The van der Waals surface area contributed by atoms with Crippen LogP contribution >= 0.6 is 45.8 Å². The topological polar surface area (TPSA) is 29.1 Å². The molecule has 0 fully saturated rings. The quantitative estimate of drug-likeness (QED) is 0.568. The largest absolute Gasteiger partial charge is 0.322 e. The minimum absolute atomic E-state index is 0.190. The van der Waals surface area contributed by atoms with Crippen molar-refractivity contribution < 1.29 is 4.79 Å². The number of nitrogens with one attached hydrogen (secondary N) is 1. The summed E-state index contributed by atoms with van der Waals surface area (Å²) in [5.41, 5.74) is 2.16. The van der Waals surface area contributed by atoms with Gasteiger partial charge in [0.25, 0.3) is 5.91 Å². The van der Waals surface area contributed by atoms with Gasteiger partial charge in [0, 0.05) is 20.2 Å². The van der Waals surface area contributed by atoms with Gasteiger partial charge >= 0.3 is 0 Å². The van der Waals surface area contributed by atoms with E-state index in [0.717, 1.165) is 14.8 Å². The Labute approximate surface area is 135 Å². The van der Waals surface area contributed by atoms with E-state index in [1.54, 1.807) is 12.1 Å². The van der Waals surface area contributed by atoms with Crippen LogP contribution < -0.4 is 5.32 Å². The molecule has 5 heteroatoms. The Morgan fingerprint density at radius 3 is 2.68 bits per heavy atom. The molecule has 1 N–H and O–H groups in total. The van der Waals surface area contributed by atoms with Crippen LogP contribution in [-0.2, 0) is 5.88 Å². The van der Waals surface area contributed by atoms with Gasteiger partial charge in [-0.3, -0.25) is 4.79 Å². The molecule has 2 rings (SSSR count). The smallest absolute Gasteiger partial charge is 0.256 e. The molecule has 2 aromatic carbocycles. The number of rotatable bonds is 3. The lowest BCUT2D eigenvalue weighted by Crippen LogP contribution is -2.14. The minimum Gasteiger partial charge on any atom is -0.322 e. The fraction of sp³-hybridized carbons (Fsp3) is 0.0714. The summed E-state index contributed by atoms with van der Waals surface area (Å²) in [6, 6.07) is 12.7. The van der Waals surface area contributed by atoms with Crippen LogP contribution in [0.15, 0.2) is 42.5 Å². The zero-order chi connectivity index (χ0) is 13.8. The van der Waals surface area contributed by atoms with Gasteiger partial charge in [0.1, 0.15) is 0 Å². The lowest BCUT2D eigenvalue weighted by molar-refractivity contribution is 0.102. The van der Waals surface area contributed by atoms with Gasteiger partial charge in [0.2, 0.25) is 0 Å². The summed E-state index contributed by atoms with van der Waals surface area (Å²) in [4.78, 5) is 12.2. The average molecular weight is 406 g/mol. The first kappa shape index (κ1) is 14.6.